The van der Waals surface area contributed by atoms with E-state index in [1.165, 1.54) is 17.8 Å². The summed E-state index contributed by atoms with van der Waals surface area (Å²) in [5.41, 5.74) is 0. The second kappa shape index (κ2) is 1.77. The zero-order valence-electron chi connectivity index (χ0n) is 5.00. The average Bonchev–Trinajstić information content (AvgIpc) is 2.58. The van der Waals surface area contributed by atoms with Gasteiger partial charge in [0.15, 0.2) is 0 Å². The summed E-state index contributed by atoms with van der Waals surface area (Å²) in [6, 6.07) is 0. The molecule has 1 saturated carbocycles. The summed E-state index contributed by atoms with van der Waals surface area (Å²) in [7, 11) is 0. The lowest BCUT2D eigenvalue weighted by molar-refractivity contribution is 0.967. The highest BCUT2D eigenvalue weighted by Gasteiger charge is 2.26. The van der Waals surface area contributed by atoms with E-state index in [-0.39, 0.29) is 0 Å². The van der Waals surface area contributed by atoms with Gasteiger partial charge in [0, 0.05) is 12.8 Å². The van der Waals surface area contributed by atoms with E-state index in [0.29, 0.717) is 0 Å². The van der Waals surface area contributed by atoms with Gasteiger partial charge < -0.3 is 0 Å². The maximum absolute atomic E-state index is 3.98. The summed E-state index contributed by atoms with van der Waals surface area (Å²) in [5.74, 6) is 0.734. The molecule has 9 heavy (non-hydrogen) atoms. The summed E-state index contributed by atoms with van der Waals surface area (Å²) >= 11 is 1.62. The van der Waals surface area contributed by atoms with Gasteiger partial charge in [0.25, 0.3) is 0 Å². The molecule has 47 valence electrons. The van der Waals surface area contributed by atoms with Gasteiger partial charge in [-0.15, -0.1) is 21.5 Å². The van der Waals surface area contributed by atoms with Crippen LogP contribution in [-0.4, -0.2) is 10.2 Å². The van der Waals surface area contributed by atoms with Crippen LogP contribution in [0, 0.1) is 6.92 Å². The van der Waals surface area contributed by atoms with E-state index in [1.54, 1.807) is 11.3 Å². The van der Waals surface area contributed by atoms with Gasteiger partial charge in [-0.25, -0.2) is 0 Å². The van der Waals surface area contributed by atoms with Crippen molar-refractivity contribution in [3.8, 4) is 0 Å². The van der Waals surface area contributed by atoms with Gasteiger partial charge in [-0.05, 0) is 12.8 Å². The van der Waals surface area contributed by atoms with Gasteiger partial charge in [0.1, 0.15) is 10.0 Å². The van der Waals surface area contributed by atoms with Crippen LogP contribution < -0.4 is 0 Å². The van der Waals surface area contributed by atoms with E-state index in [2.05, 4.69) is 17.1 Å². The maximum Gasteiger partial charge on any atom is 0.120 e. The van der Waals surface area contributed by atoms with E-state index in [0.717, 1.165) is 10.9 Å². The highest BCUT2D eigenvalue weighted by atomic mass is 32.1. The fourth-order valence-electron chi connectivity index (χ4n) is 0.762. The Labute approximate surface area is 57.9 Å². The molecule has 1 aromatic heterocycles. The molecule has 0 spiro atoms. The minimum absolute atomic E-state index is 0.734. The SMILES string of the molecule is [CH2]c1nnc(C2CC2)s1. The van der Waals surface area contributed by atoms with Crippen molar-refractivity contribution >= 4 is 11.3 Å². The Balaban J connectivity index is 2.28. The Morgan fingerprint density at radius 2 is 2.22 bits per heavy atom. The van der Waals surface area contributed by atoms with Crippen LogP contribution in [0.5, 0.6) is 0 Å². The molecule has 1 aliphatic rings. The van der Waals surface area contributed by atoms with E-state index in [9.17, 15) is 0 Å². The topological polar surface area (TPSA) is 25.8 Å². The van der Waals surface area contributed by atoms with E-state index >= 15 is 0 Å². The van der Waals surface area contributed by atoms with Crippen molar-refractivity contribution in [2.45, 2.75) is 18.8 Å². The van der Waals surface area contributed by atoms with Gasteiger partial charge in [-0.2, -0.15) is 0 Å². The van der Waals surface area contributed by atoms with Crippen LogP contribution in [0.2, 0.25) is 0 Å². The van der Waals surface area contributed by atoms with Crippen molar-refractivity contribution in [1.29, 1.82) is 0 Å². The molecule has 1 aliphatic carbocycles. The third-order valence-corrected chi connectivity index (χ3v) is 2.35. The second-order valence-electron chi connectivity index (χ2n) is 2.31. The number of hydrogen-bond acceptors (Lipinski definition) is 3. The molecule has 1 fully saturated rings. The standard InChI is InChI=1S/C6H7N2S/c1-4-7-8-6(9-4)5-2-3-5/h5H,1-3H2. The first-order valence-corrected chi connectivity index (χ1v) is 3.83. The largest absolute Gasteiger partial charge is 0.144 e. The number of hydrogen-bond donors (Lipinski definition) is 0. The number of rotatable bonds is 1. The van der Waals surface area contributed by atoms with Gasteiger partial charge in [0.2, 0.25) is 0 Å². The van der Waals surface area contributed by atoms with Crippen LogP contribution >= 0.6 is 11.3 Å². The molecule has 0 bridgehead atoms. The summed E-state index contributed by atoms with van der Waals surface area (Å²) < 4.78 is 0. The molecular formula is C6H7N2S. The van der Waals surface area contributed by atoms with Crippen LogP contribution in [0.4, 0.5) is 0 Å². The monoisotopic (exact) mass is 139 g/mol. The Kier molecular flexibility index (Phi) is 1.05. The first-order valence-electron chi connectivity index (χ1n) is 3.01. The third kappa shape index (κ3) is 0.965. The second-order valence-corrected chi connectivity index (χ2v) is 3.40. The van der Waals surface area contributed by atoms with E-state index < -0.39 is 0 Å². The minimum Gasteiger partial charge on any atom is -0.144 e. The normalized spacial score (nSPS) is 18.3. The first kappa shape index (κ1) is 5.35. The molecule has 1 radical (unpaired) electrons. The molecule has 1 heterocycles. The fourth-order valence-corrected chi connectivity index (χ4v) is 1.57. The van der Waals surface area contributed by atoms with Crippen molar-refractivity contribution in [2.75, 3.05) is 0 Å². The molecule has 0 aliphatic heterocycles. The van der Waals surface area contributed by atoms with Gasteiger partial charge >= 0.3 is 0 Å². The van der Waals surface area contributed by atoms with Crippen molar-refractivity contribution in [1.82, 2.24) is 10.2 Å². The van der Waals surface area contributed by atoms with Gasteiger partial charge in [0.05, 0.1) is 0 Å². The quantitative estimate of drug-likeness (QED) is 0.590. The molecule has 2 nitrogen and oxygen atoms in total. The van der Waals surface area contributed by atoms with Crippen LogP contribution in [0.1, 0.15) is 28.8 Å². The Morgan fingerprint density at radius 1 is 1.44 bits per heavy atom. The molecule has 0 aromatic carbocycles. The molecule has 0 amide bonds. The minimum atomic E-state index is 0.734. The smallest absolute Gasteiger partial charge is 0.120 e. The Morgan fingerprint density at radius 3 is 2.67 bits per heavy atom. The third-order valence-electron chi connectivity index (χ3n) is 1.41. The zero-order valence-corrected chi connectivity index (χ0v) is 5.82. The van der Waals surface area contributed by atoms with E-state index in [1.807, 2.05) is 0 Å². The van der Waals surface area contributed by atoms with Crippen molar-refractivity contribution < 1.29 is 0 Å². The highest BCUT2D eigenvalue weighted by molar-refractivity contribution is 7.11. The number of nitrogens with zero attached hydrogens (tertiary/aromatic N) is 2. The van der Waals surface area contributed by atoms with Crippen molar-refractivity contribution in [2.24, 2.45) is 0 Å². The van der Waals surface area contributed by atoms with Gasteiger partial charge in [-0.3, -0.25) is 0 Å². The molecule has 0 N–H and O–H groups in total. The molecule has 1 aromatic rings. The first-order chi connectivity index (χ1) is 4.36. The lowest BCUT2D eigenvalue weighted by atomic mass is 10.5. The molecule has 0 atom stereocenters. The van der Waals surface area contributed by atoms with Crippen LogP contribution in [-0.2, 0) is 0 Å². The lowest BCUT2D eigenvalue weighted by Gasteiger charge is -1.79. The highest BCUT2D eigenvalue weighted by Crippen LogP contribution is 2.40. The molecule has 2 rings (SSSR count). The van der Waals surface area contributed by atoms with E-state index in [4.69, 9.17) is 0 Å². The van der Waals surface area contributed by atoms with Crippen molar-refractivity contribution in [3.63, 3.8) is 0 Å². The Hall–Kier alpha value is -0.440. The predicted octanol–water partition coefficient (Wildman–Crippen LogP) is 1.60. The number of aromatic nitrogens is 2. The molecular weight excluding hydrogens is 132 g/mol. The van der Waals surface area contributed by atoms with Crippen molar-refractivity contribution in [3.05, 3.63) is 16.9 Å². The fraction of sp³-hybridized carbons (Fsp3) is 0.500. The van der Waals surface area contributed by atoms with Gasteiger partial charge in [-0.1, -0.05) is 0 Å². The summed E-state index contributed by atoms with van der Waals surface area (Å²) in [4.78, 5) is 0. The predicted molar refractivity (Wildman–Crippen MR) is 36.3 cm³/mol. The average molecular weight is 139 g/mol. The molecule has 0 saturated heterocycles. The van der Waals surface area contributed by atoms with Crippen LogP contribution in [0.25, 0.3) is 0 Å². The zero-order chi connectivity index (χ0) is 6.27. The molecule has 0 unspecified atom stereocenters. The summed E-state index contributed by atoms with van der Waals surface area (Å²) in [5, 5.41) is 9.84. The lowest BCUT2D eigenvalue weighted by Crippen LogP contribution is -1.74. The summed E-state index contributed by atoms with van der Waals surface area (Å²) in [6.45, 7) is 3.70. The van der Waals surface area contributed by atoms with Crippen LogP contribution in [0.15, 0.2) is 0 Å². The van der Waals surface area contributed by atoms with Crippen LogP contribution in [0.3, 0.4) is 0 Å². The summed E-state index contributed by atoms with van der Waals surface area (Å²) in [6.07, 6.45) is 2.60. The Bertz CT molecular complexity index is 215. The maximum atomic E-state index is 3.98. The molecule has 3 heteroatoms.